The fraction of sp³-hybridized carbons (Fsp3) is 0.345. The van der Waals surface area contributed by atoms with Gasteiger partial charge in [0, 0.05) is 36.4 Å². The monoisotopic (exact) mass is 468 g/mol. The number of rotatable bonds is 6. The third-order valence-electron chi connectivity index (χ3n) is 7.49. The van der Waals surface area contributed by atoms with Crippen molar-refractivity contribution in [2.24, 2.45) is 0 Å². The second-order valence-electron chi connectivity index (χ2n) is 9.75. The standard InChI is InChI=1S/C29H32N4O2/c1-19-7-6-10-26(20(19)2)29(35)32-23-15-24-12-13-25(16-23)33(24)27-14-11-22(18-30-27)28(34)31-17-21-8-4-3-5-9-21/h3-11,14,18,23-25H,12-13,15-17H2,1-2H3,(H,31,34)(H,32,35)/t23?,24-,25+. The second kappa shape index (κ2) is 9.90. The number of aryl methyl sites for hydroxylation is 1. The van der Waals surface area contributed by atoms with Crippen LogP contribution in [0.5, 0.6) is 0 Å². The number of anilines is 1. The molecule has 2 bridgehead atoms. The molecular formula is C29H32N4O2. The van der Waals surface area contributed by atoms with E-state index in [0.29, 0.717) is 24.2 Å². The van der Waals surface area contributed by atoms with Crippen molar-refractivity contribution in [2.45, 2.75) is 64.2 Å². The van der Waals surface area contributed by atoms with E-state index in [0.717, 1.165) is 53.8 Å². The highest BCUT2D eigenvalue weighted by atomic mass is 16.2. The number of carbonyl (C=O) groups excluding carboxylic acids is 2. The predicted octanol–water partition coefficient (Wildman–Crippen LogP) is 4.56. The molecule has 2 aliphatic heterocycles. The second-order valence-corrected chi connectivity index (χ2v) is 9.75. The molecule has 0 saturated carbocycles. The zero-order valence-electron chi connectivity index (χ0n) is 20.3. The van der Waals surface area contributed by atoms with E-state index in [2.05, 4.69) is 20.5 Å². The van der Waals surface area contributed by atoms with Crippen molar-refractivity contribution >= 4 is 17.6 Å². The maximum atomic E-state index is 12.9. The van der Waals surface area contributed by atoms with Gasteiger partial charge >= 0.3 is 0 Å². The summed E-state index contributed by atoms with van der Waals surface area (Å²) in [5.41, 5.74) is 4.57. The van der Waals surface area contributed by atoms with E-state index < -0.39 is 0 Å². The number of aromatic nitrogens is 1. The van der Waals surface area contributed by atoms with E-state index in [4.69, 9.17) is 0 Å². The molecule has 2 saturated heterocycles. The van der Waals surface area contributed by atoms with Gasteiger partial charge in [0.2, 0.25) is 0 Å². The zero-order chi connectivity index (χ0) is 24.4. The highest BCUT2D eigenvalue weighted by molar-refractivity contribution is 5.96. The van der Waals surface area contributed by atoms with Crippen LogP contribution in [0.15, 0.2) is 66.9 Å². The number of hydrogen-bond donors (Lipinski definition) is 2. The van der Waals surface area contributed by atoms with Crippen LogP contribution in [0.1, 0.15) is 63.1 Å². The summed E-state index contributed by atoms with van der Waals surface area (Å²) >= 11 is 0. The maximum Gasteiger partial charge on any atom is 0.253 e. The highest BCUT2D eigenvalue weighted by Gasteiger charge is 2.41. The molecule has 3 atom stereocenters. The van der Waals surface area contributed by atoms with Crippen LogP contribution in [-0.4, -0.2) is 34.9 Å². The normalized spacial score (nSPS) is 21.0. The lowest BCUT2D eigenvalue weighted by molar-refractivity contribution is 0.0924. The van der Waals surface area contributed by atoms with Gasteiger partial charge in [-0.2, -0.15) is 0 Å². The number of amides is 2. The molecule has 180 valence electrons. The Kier molecular flexibility index (Phi) is 6.53. The highest BCUT2D eigenvalue weighted by Crippen LogP contribution is 2.38. The lowest BCUT2D eigenvalue weighted by Crippen LogP contribution is -2.50. The number of hydrogen-bond acceptors (Lipinski definition) is 4. The molecule has 0 spiro atoms. The summed E-state index contributed by atoms with van der Waals surface area (Å²) in [5.74, 6) is 0.813. The topological polar surface area (TPSA) is 74.3 Å². The minimum atomic E-state index is -0.122. The van der Waals surface area contributed by atoms with Crippen molar-refractivity contribution in [2.75, 3.05) is 4.90 Å². The first kappa shape index (κ1) is 23.1. The molecule has 6 nitrogen and oxygen atoms in total. The maximum absolute atomic E-state index is 12.9. The minimum absolute atomic E-state index is 0.0213. The van der Waals surface area contributed by atoms with Gasteiger partial charge in [0.25, 0.3) is 11.8 Å². The number of nitrogens with one attached hydrogen (secondary N) is 2. The molecule has 3 aromatic rings. The van der Waals surface area contributed by atoms with Crippen LogP contribution in [-0.2, 0) is 6.54 Å². The first-order valence-electron chi connectivity index (χ1n) is 12.4. The first-order valence-corrected chi connectivity index (χ1v) is 12.4. The van der Waals surface area contributed by atoms with Crippen molar-refractivity contribution in [3.05, 3.63) is 94.7 Å². The predicted molar refractivity (Wildman–Crippen MR) is 138 cm³/mol. The Balaban J connectivity index is 1.20. The summed E-state index contributed by atoms with van der Waals surface area (Å²) in [6.07, 6.45) is 5.69. The molecule has 2 fully saturated rings. The number of benzene rings is 2. The van der Waals surface area contributed by atoms with Gasteiger partial charge in [-0.05, 0) is 74.4 Å². The van der Waals surface area contributed by atoms with Gasteiger partial charge in [0.15, 0.2) is 0 Å². The zero-order valence-corrected chi connectivity index (χ0v) is 20.3. The van der Waals surface area contributed by atoms with Gasteiger partial charge in [-0.1, -0.05) is 42.5 Å². The number of fused-ring (bicyclic) bond motifs is 2. The number of pyridine rings is 1. The van der Waals surface area contributed by atoms with Gasteiger partial charge in [-0.25, -0.2) is 4.98 Å². The lowest BCUT2D eigenvalue weighted by atomic mass is 9.96. The van der Waals surface area contributed by atoms with Crippen molar-refractivity contribution in [3.63, 3.8) is 0 Å². The smallest absolute Gasteiger partial charge is 0.253 e. The SMILES string of the molecule is Cc1cccc(C(=O)NC2C[C@H]3CC[C@@H](C2)N3c2ccc(C(=O)NCc3ccccc3)cn2)c1C. The average molecular weight is 469 g/mol. The molecule has 2 aliphatic rings. The molecule has 0 aliphatic carbocycles. The van der Waals surface area contributed by atoms with Gasteiger partial charge in [-0.15, -0.1) is 0 Å². The lowest BCUT2D eigenvalue weighted by Gasteiger charge is -2.40. The molecular weight excluding hydrogens is 436 g/mol. The molecule has 1 aromatic heterocycles. The van der Waals surface area contributed by atoms with Crippen molar-refractivity contribution in [1.29, 1.82) is 0 Å². The number of carbonyl (C=O) groups is 2. The largest absolute Gasteiger partial charge is 0.350 e. The summed E-state index contributed by atoms with van der Waals surface area (Å²) in [4.78, 5) is 32.5. The Morgan fingerprint density at radius 1 is 0.914 bits per heavy atom. The van der Waals surface area contributed by atoms with E-state index >= 15 is 0 Å². The average Bonchev–Trinajstić information content (AvgIpc) is 3.14. The minimum Gasteiger partial charge on any atom is -0.350 e. The van der Waals surface area contributed by atoms with Crippen LogP contribution in [0.4, 0.5) is 5.82 Å². The van der Waals surface area contributed by atoms with Crippen LogP contribution >= 0.6 is 0 Å². The van der Waals surface area contributed by atoms with Gasteiger partial charge in [0.05, 0.1) is 5.56 Å². The van der Waals surface area contributed by atoms with Crippen LogP contribution < -0.4 is 15.5 Å². The fourth-order valence-corrected chi connectivity index (χ4v) is 5.48. The molecule has 3 heterocycles. The Morgan fingerprint density at radius 3 is 2.34 bits per heavy atom. The molecule has 0 radical (unpaired) electrons. The molecule has 35 heavy (non-hydrogen) atoms. The Hall–Kier alpha value is -3.67. The van der Waals surface area contributed by atoms with E-state index in [9.17, 15) is 9.59 Å². The van der Waals surface area contributed by atoms with Crippen LogP contribution in [0, 0.1) is 13.8 Å². The molecule has 2 N–H and O–H groups in total. The van der Waals surface area contributed by atoms with Gasteiger partial charge in [0.1, 0.15) is 5.82 Å². The molecule has 6 heteroatoms. The quantitative estimate of drug-likeness (QED) is 0.556. The van der Waals surface area contributed by atoms with Crippen molar-refractivity contribution in [3.8, 4) is 0 Å². The molecule has 5 rings (SSSR count). The molecule has 2 aromatic carbocycles. The number of piperidine rings is 1. The Bertz CT molecular complexity index is 1200. The summed E-state index contributed by atoms with van der Waals surface area (Å²) in [5, 5.41) is 6.24. The summed E-state index contributed by atoms with van der Waals surface area (Å²) < 4.78 is 0. The molecule has 1 unspecified atom stereocenters. The van der Waals surface area contributed by atoms with Gasteiger partial charge < -0.3 is 15.5 Å². The summed E-state index contributed by atoms with van der Waals surface area (Å²) in [6.45, 7) is 4.54. The van der Waals surface area contributed by atoms with E-state index in [1.54, 1.807) is 6.20 Å². The van der Waals surface area contributed by atoms with Crippen LogP contribution in [0.3, 0.4) is 0 Å². The first-order chi connectivity index (χ1) is 17.0. The van der Waals surface area contributed by atoms with Crippen LogP contribution in [0.2, 0.25) is 0 Å². The third kappa shape index (κ3) is 4.92. The number of nitrogens with zero attached hydrogens (tertiary/aromatic N) is 2. The molecule has 2 amide bonds. The van der Waals surface area contributed by atoms with Crippen molar-refractivity contribution in [1.82, 2.24) is 15.6 Å². The Labute approximate surface area is 206 Å². The summed E-state index contributed by atoms with van der Waals surface area (Å²) in [6, 6.07) is 20.4. The van der Waals surface area contributed by atoms with Gasteiger partial charge in [-0.3, -0.25) is 9.59 Å². The fourth-order valence-electron chi connectivity index (χ4n) is 5.48. The van der Waals surface area contributed by atoms with E-state index in [-0.39, 0.29) is 17.9 Å². The summed E-state index contributed by atoms with van der Waals surface area (Å²) in [7, 11) is 0. The van der Waals surface area contributed by atoms with E-state index in [1.807, 2.05) is 74.5 Å². The van der Waals surface area contributed by atoms with Crippen molar-refractivity contribution < 1.29 is 9.59 Å². The third-order valence-corrected chi connectivity index (χ3v) is 7.49. The van der Waals surface area contributed by atoms with E-state index in [1.165, 1.54) is 0 Å². The van der Waals surface area contributed by atoms with Crippen LogP contribution in [0.25, 0.3) is 0 Å². The Morgan fingerprint density at radius 2 is 1.66 bits per heavy atom.